The minimum absolute atomic E-state index is 0.0232. The summed E-state index contributed by atoms with van der Waals surface area (Å²) in [7, 11) is 0. The standard InChI is InChI=1S/C10H17NO3/c1-7(2)6-9(12)11-5-3-4-8(11)10(13)14/h7-8H,3-6H2,1-2H3,(H,13,14). The molecule has 0 aromatic heterocycles. The number of hydrogen-bond donors (Lipinski definition) is 1. The zero-order chi connectivity index (χ0) is 10.7. The Hall–Kier alpha value is -1.06. The van der Waals surface area contributed by atoms with Gasteiger partial charge in [0.25, 0.3) is 0 Å². The lowest BCUT2D eigenvalue weighted by Crippen LogP contribution is -2.40. The fraction of sp³-hybridized carbons (Fsp3) is 0.800. The molecule has 80 valence electrons. The third-order valence-electron chi connectivity index (χ3n) is 2.44. The van der Waals surface area contributed by atoms with Crippen LogP contribution in [0.1, 0.15) is 33.1 Å². The maximum absolute atomic E-state index is 11.6. The van der Waals surface area contributed by atoms with Gasteiger partial charge >= 0.3 is 5.97 Å². The van der Waals surface area contributed by atoms with Crippen molar-refractivity contribution in [2.75, 3.05) is 6.54 Å². The van der Waals surface area contributed by atoms with Crippen molar-refractivity contribution in [3.63, 3.8) is 0 Å². The van der Waals surface area contributed by atoms with Crippen LogP contribution in [0.15, 0.2) is 0 Å². The molecule has 1 aliphatic heterocycles. The number of aliphatic carboxylic acids is 1. The Labute approximate surface area is 83.9 Å². The van der Waals surface area contributed by atoms with Gasteiger partial charge < -0.3 is 10.0 Å². The molecule has 0 aliphatic carbocycles. The number of rotatable bonds is 3. The molecule has 4 heteroatoms. The summed E-state index contributed by atoms with van der Waals surface area (Å²) < 4.78 is 0. The van der Waals surface area contributed by atoms with Crippen molar-refractivity contribution in [3.8, 4) is 0 Å². The lowest BCUT2D eigenvalue weighted by molar-refractivity contribution is -0.148. The summed E-state index contributed by atoms with van der Waals surface area (Å²) in [6.45, 7) is 4.52. The van der Waals surface area contributed by atoms with E-state index in [1.165, 1.54) is 4.90 Å². The molecule has 1 saturated heterocycles. The summed E-state index contributed by atoms with van der Waals surface area (Å²) in [5.74, 6) is -0.609. The fourth-order valence-corrected chi connectivity index (χ4v) is 1.79. The minimum atomic E-state index is -0.875. The third-order valence-corrected chi connectivity index (χ3v) is 2.44. The second-order valence-corrected chi connectivity index (χ2v) is 4.18. The van der Waals surface area contributed by atoms with Gasteiger partial charge in [-0.3, -0.25) is 4.79 Å². The molecule has 4 nitrogen and oxygen atoms in total. The summed E-state index contributed by atoms with van der Waals surface area (Å²) >= 11 is 0. The lowest BCUT2D eigenvalue weighted by Gasteiger charge is -2.22. The molecule has 0 saturated carbocycles. The second-order valence-electron chi connectivity index (χ2n) is 4.18. The molecule has 1 heterocycles. The Kier molecular flexibility index (Phi) is 3.49. The van der Waals surface area contributed by atoms with Gasteiger partial charge in [0.1, 0.15) is 6.04 Å². The van der Waals surface area contributed by atoms with Crippen molar-refractivity contribution in [1.82, 2.24) is 4.90 Å². The van der Waals surface area contributed by atoms with Crippen LogP contribution >= 0.6 is 0 Å². The van der Waals surface area contributed by atoms with E-state index in [1.54, 1.807) is 0 Å². The maximum Gasteiger partial charge on any atom is 0.326 e. The Bertz CT molecular complexity index is 238. The molecular formula is C10H17NO3. The Balaban J connectivity index is 2.58. The minimum Gasteiger partial charge on any atom is -0.480 e. The topological polar surface area (TPSA) is 57.6 Å². The summed E-state index contributed by atoms with van der Waals surface area (Å²) in [6, 6.07) is -0.582. The molecule has 1 amide bonds. The highest BCUT2D eigenvalue weighted by Gasteiger charge is 2.33. The molecule has 1 atom stereocenters. The van der Waals surface area contributed by atoms with E-state index < -0.39 is 12.0 Å². The van der Waals surface area contributed by atoms with Gasteiger partial charge in [-0.1, -0.05) is 13.8 Å². The zero-order valence-corrected chi connectivity index (χ0v) is 8.69. The van der Waals surface area contributed by atoms with Crippen molar-refractivity contribution in [3.05, 3.63) is 0 Å². The van der Waals surface area contributed by atoms with Crippen molar-refractivity contribution < 1.29 is 14.7 Å². The number of carbonyl (C=O) groups is 2. The number of amides is 1. The maximum atomic E-state index is 11.6. The van der Waals surface area contributed by atoms with Crippen molar-refractivity contribution in [2.24, 2.45) is 5.92 Å². The van der Waals surface area contributed by atoms with E-state index in [9.17, 15) is 9.59 Å². The Morgan fingerprint density at radius 1 is 1.50 bits per heavy atom. The van der Waals surface area contributed by atoms with Crippen molar-refractivity contribution >= 4 is 11.9 Å². The average Bonchev–Trinajstić information content (AvgIpc) is 2.49. The quantitative estimate of drug-likeness (QED) is 0.740. The van der Waals surface area contributed by atoms with Gasteiger partial charge in [0, 0.05) is 13.0 Å². The molecule has 1 N–H and O–H groups in total. The monoisotopic (exact) mass is 199 g/mol. The first-order valence-electron chi connectivity index (χ1n) is 5.04. The van der Waals surface area contributed by atoms with Gasteiger partial charge in [0.15, 0.2) is 0 Å². The van der Waals surface area contributed by atoms with Gasteiger partial charge in [-0.15, -0.1) is 0 Å². The predicted octanol–water partition coefficient (Wildman–Crippen LogP) is 1.11. The van der Waals surface area contributed by atoms with E-state index in [-0.39, 0.29) is 11.8 Å². The normalized spacial score (nSPS) is 21.6. The van der Waals surface area contributed by atoms with E-state index in [1.807, 2.05) is 13.8 Å². The van der Waals surface area contributed by atoms with E-state index in [2.05, 4.69) is 0 Å². The van der Waals surface area contributed by atoms with Gasteiger partial charge in [-0.25, -0.2) is 4.79 Å². The third kappa shape index (κ3) is 2.47. The van der Waals surface area contributed by atoms with E-state index in [0.29, 0.717) is 19.4 Å². The molecule has 0 radical (unpaired) electrons. The van der Waals surface area contributed by atoms with Gasteiger partial charge in [-0.05, 0) is 18.8 Å². The summed E-state index contributed by atoms with van der Waals surface area (Å²) in [6.07, 6.45) is 1.85. The Morgan fingerprint density at radius 3 is 2.64 bits per heavy atom. The number of nitrogens with zero attached hydrogens (tertiary/aromatic N) is 1. The van der Waals surface area contributed by atoms with E-state index in [0.717, 1.165) is 6.42 Å². The van der Waals surface area contributed by atoms with Crippen LogP contribution in [0.4, 0.5) is 0 Å². The van der Waals surface area contributed by atoms with E-state index >= 15 is 0 Å². The van der Waals surface area contributed by atoms with Gasteiger partial charge in [-0.2, -0.15) is 0 Å². The van der Waals surface area contributed by atoms with E-state index in [4.69, 9.17) is 5.11 Å². The van der Waals surface area contributed by atoms with Crippen LogP contribution in [0.25, 0.3) is 0 Å². The van der Waals surface area contributed by atoms with Crippen LogP contribution in [0.2, 0.25) is 0 Å². The lowest BCUT2D eigenvalue weighted by atomic mass is 10.1. The number of hydrogen-bond acceptors (Lipinski definition) is 2. The first-order chi connectivity index (χ1) is 6.52. The molecule has 1 rings (SSSR count). The summed E-state index contributed by atoms with van der Waals surface area (Å²) in [4.78, 5) is 23.9. The second kappa shape index (κ2) is 4.44. The molecular weight excluding hydrogens is 182 g/mol. The van der Waals surface area contributed by atoms with Crippen LogP contribution in [0.3, 0.4) is 0 Å². The zero-order valence-electron chi connectivity index (χ0n) is 8.69. The number of carboxylic acids is 1. The van der Waals surface area contributed by atoms with Crippen molar-refractivity contribution in [1.29, 1.82) is 0 Å². The largest absolute Gasteiger partial charge is 0.480 e. The molecule has 1 fully saturated rings. The number of carbonyl (C=O) groups excluding carboxylic acids is 1. The van der Waals surface area contributed by atoms with Crippen molar-refractivity contribution in [2.45, 2.75) is 39.2 Å². The van der Waals surface area contributed by atoms with Gasteiger partial charge in [0.05, 0.1) is 0 Å². The first-order valence-corrected chi connectivity index (χ1v) is 5.04. The molecule has 1 aliphatic rings. The average molecular weight is 199 g/mol. The summed E-state index contributed by atoms with van der Waals surface area (Å²) in [5, 5.41) is 8.87. The van der Waals surface area contributed by atoms with Crippen LogP contribution in [-0.4, -0.2) is 34.5 Å². The molecule has 0 spiro atoms. The number of likely N-dealkylation sites (tertiary alicyclic amines) is 1. The smallest absolute Gasteiger partial charge is 0.326 e. The predicted molar refractivity (Wildman–Crippen MR) is 51.8 cm³/mol. The number of carboxylic acid groups (broad SMARTS) is 1. The SMILES string of the molecule is CC(C)CC(=O)N1CCCC1C(=O)O. The molecule has 0 aromatic rings. The van der Waals surface area contributed by atoms with Gasteiger partial charge in [0.2, 0.25) is 5.91 Å². The molecule has 14 heavy (non-hydrogen) atoms. The van der Waals surface area contributed by atoms with Crippen LogP contribution in [0.5, 0.6) is 0 Å². The van der Waals surface area contributed by atoms with Crippen LogP contribution < -0.4 is 0 Å². The Morgan fingerprint density at radius 2 is 2.14 bits per heavy atom. The van der Waals surface area contributed by atoms with Crippen LogP contribution in [-0.2, 0) is 9.59 Å². The molecule has 1 unspecified atom stereocenters. The van der Waals surface area contributed by atoms with Crippen LogP contribution in [0, 0.1) is 5.92 Å². The highest BCUT2D eigenvalue weighted by atomic mass is 16.4. The molecule has 0 bridgehead atoms. The summed E-state index contributed by atoms with van der Waals surface area (Å²) in [5.41, 5.74) is 0. The molecule has 0 aromatic carbocycles. The fourth-order valence-electron chi connectivity index (χ4n) is 1.79. The first kappa shape index (κ1) is 11.0. The highest BCUT2D eigenvalue weighted by Crippen LogP contribution is 2.19. The highest BCUT2D eigenvalue weighted by molar-refractivity contribution is 5.84.